The average Bonchev–Trinajstić information content (AvgIpc) is 3.43. The van der Waals surface area contributed by atoms with Crippen molar-refractivity contribution in [2.45, 2.75) is 111 Å². The molecule has 2 rings (SSSR count). The second kappa shape index (κ2) is 18.7. The summed E-state index contributed by atoms with van der Waals surface area (Å²) in [5, 5.41) is 5.51. The Balaban J connectivity index is 2.10. The molecule has 0 bridgehead atoms. The molecule has 234 valence electrons. The van der Waals surface area contributed by atoms with Crippen molar-refractivity contribution in [2.24, 2.45) is 11.8 Å². The molecule has 0 radical (unpaired) electrons. The van der Waals surface area contributed by atoms with Gasteiger partial charge in [-0.05, 0) is 55.9 Å². The molecular weight excluding hydrogens is 550 g/mol. The predicted octanol–water partition coefficient (Wildman–Crippen LogP) is 6.95. The van der Waals surface area contributed by atoms with Crippen LogP contribution in [0.25, 0.3) is 0 Å². The van der Waals surface area contributed by atoms with Crippen molar-refractivity contribution in [1.29, 1.82) is 0 Å². The van der Waals surface area contributed by atoms with Gasteiger partial charge in [-0.25, -0.2) is 4.98 Å². The zero-order chi connectivity index (χ0) is 31.1. The maximum atomic E-state index is 13.2. The number of benzene rings is 1. The maximum Gasteiger partial charge on any atom is 0.303 e. The number of thiazole rings is 1. The predicted molar refractivity (Wildman–Crippen MR) is 168 cm³/mol. The van der Waals surface area contributed by atoms with Crippen molar-refractivity contribution in [3.05, 3.63) is 52.0 Å². The summed E-state index contributed by atoms with van der Waals surface area (Å²) in [7, 11) is 1.61. The summed E-state index contributed by atoms with van der Waals surface area (Å²) in [5.74, 6) is 0.156. The molecule has 42 heavy (non-hydrogen) atoms. The summed E-state index contributed by atoms with van der Waals surface area (Å²) in [6.45, 7) is 12.2. The minimum atomic E-state index is -0.552. The third-order valence-corrected chi connectivity index (χ3v) is 8.16. The third kappa shape index (κ3) is 12.2. The highest BCUT2D eigenvalue weighted by Gasteiger charge is 2.28. The fraction of sp³-hybridized carbons (Fsp3) is 0.636. The van der Waals surface area contributed by atoms with Crippen LogP contribution in [-0.4, -0.2) is 53.6 Å². The highest BCUT2D eigenvalue weighted by Crippen LogP contribution is 2.29. The van der Waals surface area contributed by atoms with E-state index in [1.165, 1.54) is 23.8 Å². The van der Waals surface area contributed by atoms with Crippen LogP contribution in [0.15, 0.2) is 35.7 Å². The number of hydrogen-bond acceptors (Lipinski definition) is 7. The molecule has 0 saturated carbocycles. The number of esters is 1. The molecule has 0 spiro atoms. The topological polar surface area (TPSA) is 97.8 Å². The highest BCUT2D eigenvalue weighted by molar-refractivity contribution is 7.09. The summed E-state index contributed by atoms with van der Waals surface area (Å²) in [6.07, 6.45) is 5.37. The smallest absolute Gasteiger partial charge is 0.303 e. The second-order valence-corrected chi connectivity index (χ2v) is 12.7. The van der Waals surface area contributed by atoms with Crippen LogP contribution >= 0.6 is 11.3 Å². The molecule has 9 heteroatoms. The number of carbonyl (C=O) groups is 3. The summed E-state index contributed by atoms with van der Waals surface area (Å²) >= 11 is 1.33. The van der Waals surface area contributed by atoms with Gasteiger partial charge in [0.05, 0.1) is 0 Å². The minimum Gasteiger partial charge on any atom is -0.455 e. The summed E-state index contributed by atoms with van der Waals surface area (Å²) in [5.41, 5.74) is 1.51. The first kappa shape index (κ1) is 35.4. The Kier molecular flexibility index (Phi) is 15.8. The van der Waals surface area contributed by atoms with E-state index >= 15 is 0 Å². The first-order chi connectivity index (χ1) is 20.0. The van der Waals surface area contributed by atoms with E-state index in [0.29, 0.717) is 29.5 Å². The number of hydrogen-bond donors (Lipinski definition) is 1. The second-order valence-electron chi connectivity index (χ2n) is 11.8. The summed E-state index contributed by atoms with van der Waals surface area (Å²) in [6, 6.07) is 10.1. The van der Waals surface area contributed by atoms with Gasteiger partial charge in [0, 0.05) is 37.9 Å². The maximum absolute atomic E-state index is 13.2. The molecule has 1 N–H and O–H groups in total. The van der Waals surface area contributed by atoms with Crippen LogP contribution < -0.4 is 5.32 Å². The number of nitrogens with one attached hydrogen (secondary N) is 1. The van der Waals surface area contributed by atoms with Gasteiger partial charge < -0.3 is 19.7 Å². The highest BCUT2D eigenvalue weighted by atomic mass is 32.1. The lowest BCUT2D eigenvalue weighted by Crippen LogP contribution is -2.44. The largest absolute Gasteiger partial charge is 0.455 e. The monoisotopic (exact) mass is 601 g/mol. The number of carbonyl (C=O) groups excluding carboxylic acids is 3. The van der Waals surface area contributed by atoms with Crippen molar-refractivity contribution in [3.8, 4) is 0 Å². The lowest BCUT2D eigenvalue weighted by atomic mass is 9.95. The van der Waals surface area contributed by atoms with E-state index in [-0.39, 0.29) is 36.5 Å². The first-order valence-corrected chi connectivity index (χ1v) is 16.2. The molecule has 2 amide bonds. The molecule has 0 aliphatic carbocycles. The van der Waals surface area contributed by atoms with Gasteiger partial charge in [-0.15, -0.1) is 11.3 Å². The lowest BCUT2D eigenvalue weighted by Gasteiger charge is -2.34. The average molecular weight is 602 g/mol. The fourth-order valence-corrected chi connectivity index (χ4v) is 6.08. The van der Waals surface area contributed by atoms with Gasteiger partial charge in [0.25, 0.3) is 5.91 Å². The molecule has 1 aromatic heterocycles. The van der Waals surface area contributed by atoms with Gasteiger partial charge in [-0.2, -0.15) is 0 Å². The van der Waals surface area contributed by atoms with E-state index in [2.05, 4.69) is 57.1 Å². The Morgan fingerprint density at radius 3 is 2.36 bits per heavy atom. The molecule has 3 atom stereocenters. The Morgan fingerprint density at radius 2 is 1.76 bits per heavy atom. The van der Waals surface area contributed by atoms with Crippen molar-refractivity contribution in [2.75, 3.05) is 13.8 Å². The van der Waals surface area contributed by atoms with Crippen molar-refractivity contribution >= 4 is 29.1 Å². The molecule has 1 aromatic carbocycles. The number of rotatable bonds is 19. The Morgan fingerprint density at radius 1 is 1.05 bits per heavy atom. The Hall–Kier alpha value is -2.78. The van der Waals surface area contributed by atoms with E-state index in [1.807, 2.05) is 23.1 Å². The number of methoxy groups -OCH3 is 1. The van der Waals surface area contributed by atoms with Gasteiger partial charge in [0.15, 0.2) is 6.10 Å². The van der Waals surface area contributed by atoms with Crippen LogP contribution in [0.2, 0.25) is 0 Å². The van der Waals surface area contributed by atoms with Crippen LogP contribution in [0.5, 0.6) is 0 Å². The van der Waals surface area contributed by atoms with Crippen LogP contribution in [-0.2, 0) is 25.5 Å². The van der Waals surface area contributed by atoms with E-state index in [4.69, 9.17) is 9.47 Å². The molecule has 0 saturated heterocycles. The molecule has 1 heterocycles. The Bertz CT molecular complexity index is 1090. The molecule has 0 fully saturated rings. The SMILES string of the molecule is CCCCC(=O)N(COC)C(CCCC(OC(C)=O)c1nc(C(=O)NC(Cc2ccccc2)CC(C)C)cs1)C(C)C. The van der Waals surface area contributed by atoms with Crippen LogP contribution in [0.3, 0.4) is 0 Å². The number of aromatic nitrogens is 1. The molecular formula is C33H51N3O5S. The van der Waals surface area contributed by atoms with E-state index in [0.717, 1.165) is 38.5 Å². The quantitative estimate of drug-likeness (QED) is 0.138. The van der Waals surface area contributed by atoms with Gasteiger partial charge in [-0.3, -0.25) is 14.4 Å². The molecule has 8 nitrogen and oxygen atoms in total. The standard InChI is InChI=1S/C33H51N3O5S/c1-8-9-18-31(38)36(22-40-7)29(24(4)5)16-13-17-30(41-25(6)37)33-35-28(21-42-33)32(39)34-27(19-23(2)3)20-26-14-11-10-12-15-26/h10-12,14-15,21,23-24,27,29-30H,8-9,13,16-20,22H2,1-7H3,(H,34,39). The fourth-order valence-electron chi connectivity index (χ4n) is 5.22. The van der Waals surface area contributed by atoms with Crippen molar-refractivity contribution in [3.63, 3.8) is 0 Å². The normalized spacial score (nSPS) is 13.5. The first-order valence-electron chi connectivity index (χ1n) is 15.3. The zero-order valence-electron chi connectivity index (χ0n) is 26.6. The summed E-state index contributed by atoms with van der Waals surface area (Å²) < 4.78 is 11.0. The van der Waals surface area contributed by atoms with Crippen LogP contribution in [0.1, 0.15) is 114 Å². The number of unbranched alkanes of at least 4 members (excludes halogenated alkanes) is 1. The number of ether oxygens (including phenoxy) is 2. The Labute approximate surface area is 256 Å². The minimum absolute atomic E-state index is 0.00687. The molecule has 2 aromatic rings. The molecule has 0 aliphatic rings. The summed E-state index contributed by atoms with van der Waals surface area (Å²) in [4.78, 5) is 44.6. The van der Waals surface area contributed by atoms with Gasteiger partial charge in [0.1, 0.15) is 17.4 Å². The van der Waals surface area contributed by atoms with Gasteiger partial charge >= 0.3 is 5.97 Å². The lowest BCUT2D eigenvalue weighted by molar-refractivity contribution is -0.147. The molecule has 0 aliphatic heterocycles. The zero-order valence-corrected chi connectivity index (χ0v) is 27.4. The van der Waals surface area contributed by atoms with Crippen molar-refractivity contribution < 1.29 is 23.9 Å². The van der Waals surface area contributed by atoms with Gasteiger partial charge in [-0.1, -0.05) is 71.4 Å². The van der Waals surface area contributed by atoms with Crippen LogP contribution in [0, 0.1) is 11.8 Å². The third-order valence-electron chi connectivity index (χ3n) is 7.22. The van der Waals surface area contributed by atoms with E-state index in [9.17, 15) is 14.4 Å². The number of amides is 2. The van der Waals surface area contributed by atoms with Crippen LogP contribution in [0.4, 0.5) is 0 Å². The van der Waals surface area contributed by atoms with Gasteiger partial charge in [0.2, 0.25) is 5.91 Å². The van der Waals surface area contributed by atoms with E-state index < -0.39 is 12.1 Å². The van der Waals surface area contributed by atoms with E-state index in [1.54, 1.807) is 12.5 Å². The van der Waals surface area contributed by atoms with Crippen molar-refractivity contribution in [1.82, 2.24) is 15.2 Å². The molecule has 3 unspecified atom stereocenters. The number of nitrogens with zero attached hydrogens (tertiary/aromatic N) is 2.